The minimum absolute atomic E-state index is 0.00593. The van der Waals surface area contributed by atoms with E-state index in [2.05, 4.69) is 10.6 Å². The Morgan fingerprint density at radius 2 is 1.26 bits per heavy atom. The summed E-state index contributed by atoms with van der Waals surface area (Å²) in [4.78, 5) is 22.2. The summed E-state index contributed by atoms with van der Waals surface area (Å²) in [5.41, 5.74) is 1.20. The molecule has 0 fully saturated rings. The number of rotatable bonds is 5. The standard InChI is InChI=1S/C19H14ClN3O4/c20-13-1-3-14(4-2-13)21-19(24)22-15-5-9-17(10-6-15)27-18-11-7-16(8-12-18)23(25)26/h1-12H,(H2,21,22,24). The van der Waals surface area contributed by atoms with Gasteiger partial charge in [0.2, 0.25) is 0 Å². The molecule has 3 rings (SSSR count). The zero-order valence-electron chi connectivity index (χ0n) is 13.9. The molecule has 0 atom stereocenters. The number of hydrogen-bond donors (Lipinski definition) is 2. The van der Waals surface area contributed by atoms with Crippen molar-refractivity contribution >= 4 is 34.7 Å². The van der Waals surface area contributed by atoms with Crippen LogP contribution in [0, 0.1) is 10.1 Å². The average Bonchev–Trinajstić information content (AvgIpc) is 2.66. The van der Waals surface area contributed by atoms with Crippen molar-refractivity contribution in [1.29, 1.82) is 0 Å². The van der Waals surface area contributed by atoms with Gasteiger partial charge >= 0.3 is 6.03 Å². The lowest BCUT2D eigenvalue weighted by molar-refractivity contribution is -0.384. The lowest BCUT2D eigenvalue weighted by Crippen LogP contribution is -2.19. The summed E-state index contributed by atoms with van der Waals surface area (Å²) in [5.74, 6) is 1.01. The predicted octanol–water partition coefficient (Wildman–Crippen LogP) is 5.68. The molecule has 8 heteroatoms. The number of carbonyl (C=O) groups excluding carboxylic acids is 1. The lowest BCUT2D eigenvalue weighted by Gasteiger charge is -2.09. The summed E-state index contributed by atoms with van der Waals surface area (Å²) in [5, 5.41) is 16.6. The second kappa shape index (κ2) is 8.20. The molecule has 0 unspecified atom stereocenters. The van der Waals surface area contributed by atoms with Gasteiger partial charge in [0.25, 0.3) is 5.69 Å². The molecule has 3 aromatic rings. The first-order valence-electron chi connectivity index (χ1n) is 7.85. The number of nitro groups is 1. The fraction of sp³-hybridized carbons (Fsp3) is 0. The van der Waals surface area contributed by atoms with Gasteiger partial charge in [-0.25, -0.2) is 4.79 Å². The van der Waals surface area contributed by atoms with Crippen molar-refractivity contribution in [2.24, 2.45) is 0 Å². The van der Waals surface area contributed by atoms with Crippen molar-refractivity contribution in [2.45, 2.75) is 0 Å². The van der Waals surface area contributed by atoms with Crippen LogP contribution in [-0.2, 0) is 0 Å². The van der Waals surface area contributed by atoms with E-state index in [0.717, 1.165) is 0 Å². The minimum atomic E-state index is -0.473. The monoisotopic (exact) mass is 383 g/mol. The van der Waals surface area contributed by atoms with Gasteiger partial charge in [0.05, 0.1) is 4.92 Å². The average molecular weight is 384 g/mol. The number of hydrogen-bond acceptors (Lipinski definition) is 4. The first-order chi connectivity index (χ1) is 13.0. The van der Waals surface area contributed by atoms with Gasteiger partial charge < -0.3 is 15.4 Å². The van der Waals surface area contributed by atoms with E-state index in [1.165, 1.54) is 24.3 Å². The molecule has 0 aliphatic rings. The number of ether oxygens (including phenoxy) is 1. The normalized spacial score (nSPS) is 10.1. The first-order valence-corrected chi connectivity index (χ1v) is 8.23. The summed E-state index contributed by atoms with van der Waals surface area (Å²) in [6.45, 7) is 0. The number of halogens is 1. The topological polar surface area (TPSA) is 93.5 Å². The molecule has 0 bridgehead atoms. The third-order valence-electron chi connectivity index (χ3n) is 3.50. The maximum atomic E-state index is 12.0. The molecule has 2 N–H and O–H groups in total. The van der Waals surface area contributed by atoms with Gasteiger partial charge in [0.15, 0.2) is 0 Å². The third kappa shape index (κ3) is 5.20. The molecular formula is C19H14ClN3O4. The highest BCUT2D eigenvalue weighted by Crippen LogP contribution is 2.25. The summed E-state index contributed by atoms with van der Waals surface area (Å²) in [6, 6.07) is 18.9. The molecule has 0 saturated heterocycles. The number of amides is 2. The van der Waals surface area contributed by atoms with Crippen molar-refractivity contribution < 1.29 is 14.5 Å². The molecule has 0 saturated carbocycles. The molecule has 0 heterocycles. The molecule has 0 spiro atoms. The molecule has 0 aliphatic heterocycles. The zero-order valence-corrected chi connectivity index (χ0v) is 14.6. The molecular weight excluding hydrogens is 370 g/mol. The molecule has 0 radical (unpaired) electrons. The van der Waals surface area contributed by atoms with Crippen LogP contribution in [0.25, 0.3) is 0 Å². The number of urea groups is 1. The van der Waals surface area contributed by atoms with E-state index >= 15 is 0 Å². The highest BCUT2D eigenvalue weighted by Gasteiger charge is 2.06. The van der Waals surface area contributed by atoms with Gasteiger partial charge in [-0.1, -0.05) is 11.6 Å². The third-order valence-corrected chi connectivity index (χ3v) is 3.75. The maximum absolute atomic E-state index is 12.0. The maximum Gasteiger partial charge on any atom is 0.323 e. The molecule has 2 amide bonds. The van der Waals surface area contributed by atoms with E-state index in [0.29, 0.717) is 27.9 Å². The van der Waals surface area contributed by atoms with E-state index < -0.39 is 4.92 Å². The van der Waals surface area contributed by atoms with Gasteiger partial charge in [-0.05, 0) is 60.7 Å². The second-order valence-electron chi connectivity index (χ2n) is 5.46. The Labute approximate surface area is 159 Å². The summed E-state index contributed by atoms with van der Waals surface area (Å²) >= 11 is 5.80. The number of non-ortho nitro benzene ring substituents is 1. The number of nitrogens with zero attached hydrogens (tertiary/aromatic N) is 1. The van der Waals surface area contributed by atoms with Crippen molar-refractivity contribution in [1.82, 2.24) is 0 Å². The quantitative estimate of drug-likeness (QED) is 0.437. The van der Waals surface area contributed by atoms with Crippen molar-refractivity contribution in [3.05, 3.63) is 87.9 Å². The Morgan fingerprint density at radius 1 is 0.815 bits per heavy atom. The Hall–Kier alpha value is -3.58. The molecule has 0 aliphatic carbocycles. The van der Waals surface area contributed by atoms with Crippen molar-refractivity contribution in [2.75, 3.05) is 10.6 Å². The van der Waals surface area contributed by atoms with E-state index in [4.69, 9.17) is 16.3 Å². The van der Waals surface area contributed by atoms with Gasteiger partial charge in [0, 0.05) is 28.5 Å². The smallest absolute Gasteiger partial charge is 0.323 e. The minimum Gasteiger partial charge on any atom is -0.457 e. The molecule has 136 valence electrons. The van der Waals surface area contributed by atoms with Gasteiger partial charge in [-0.2, -0.15) is 0 Å². The molecule has 3 aromatic carbocycles. The zero-order chi connectivity index (χ0) is 19.2. The largest absolute Gasteiger partial charge is 0.457 e. The van der Waals surface area contributed by atoms with Crippen LogP contribution < -0.4 is 15.4 Å². The Balaban J connectivity index is 1.57. The van der Waals surface area contributed by atoms with Crippen molar-refractivity contribution in [3.8, 4) is 11.5 Å². The molecule has 27 heavy (non-hydrogen) atoms. The van der Waals surface area contributed by atoms with Crippen LogP contribution in [0.3, 0.4) is 0 Å². The SMILES string of the molecule is O=C(Nc1ccc(Cl)cc1)Nc1ccc(Oc2ccc([N+](=O)[O-])cc2)cc1. The summed E-state index contributed by atoms with van der Waals surface area (Å²) in [6.07, 6.45) is 0. The van der Waals surface area contributed by atoms with E-state index in [1.54, 1.807) is 48.5 Å². The fourth-order valence-electron chi connectivity index (χ4n) is 2.20. The van der Waals surface area contributed by atoms with Crippen LogP contribution in [0.15, 0.2) is 72.8 Å². The molecule has 7 nitrogen and oxygen atoms in total. The van der Waals surface area contributed by atoms with E-state index in [9.17, 15) is 14.9 Å². The van der Waals surface area contributed by atoms with Gasteiger partial charge in [0.1, 0.15) is 11.5 Å². The van der Waals surface area contributed by atoms with Crippen LogP contribution in [0.4, 0.5) is 21.9 Å². The highest BCUT2D eigenvalue weighted by molar-refractivity contribution is 6.30. The van der Waals surface area contributed by atoms with Crippen LogP contribution in [0.2, 0.25) is 5.02 Å². The van der Waals surface area contributed by atoms with E-state index in [-0.39, 0.29) is 11.7 Å². The van der Waals surface area contributed by atoms with Crippen molar-refractivity contribution in [3.63, 3.8) is 0 Å². The fourth-order valence-corrected chi connectivity index (χ4v) is 2.33. The van der Waals surface area contributed by atoms with Crippen LogP contribution in [0.5, 0.6) is 11.5 Å². The lowest BCUT2D eigenvalue weighted by atomic mass is 10.3. The number of nitrogens with one attached hydrogen (secondary N) is 2. The second-order valence-corrected chi connectivity index (χ2v) is 5.90. The highest BCUT2D eigenvalue weighted by atomic mass is 35.5. The predicted molar refractivity (Wildman–Crippen MR) is 104 cm³/mol. The number of carbonyl (C=O) groups is 1. The number of nitro benzene ring substituents is 1. The Morgan fingerprint density at radius 3 is 1.74 bits per heavy atom. The van der Waals surface area contributed by atoms with E-state index in [1.807, 2.05) is 0 Å². The van der Waals surface area contributed by atoms with Gasteiger partial charge in [-0.15, -0.1) is 0 Å². The Kier molecular flexibility index (Phi) is 5.53. The number of anilines is 2. The molecule has 0 aromatic heterocycles. The van der Waals surface area contributed by atoms with Crippen LogP contribution in [0.1, 0.15) is 0 Å². The Bertz CT molecular complexity index is 942. The van der Waals surface area contributed by atoms with Crippen LogP contribution >= 0.6 is 11.6 Å². The van der Waals surface area contributed by atoms with Gasteiger partial charge in [-0.3, -0.25) is 10.1 Å². The number of benzene rings is 3. The first kappa shape index (κ1) is 18.2. The summed E-state index contributed by atoms with van der Waals surface area (Å²) < 4.78 is 5.62. The van der Waals surface area contributed by atoms with Crippen LogP contribution in [-0.4, -0.2) is 11.0 Å². The summed E-state index contributed by atoms with van der Waals surface area (Å²) in [7, 11) is 0.